The van der Waals surface area contributed by atoms with E-state index < -0.39 is 0 Å². The molecule has 3 nitrogen and oxygen atoms in total. The summed E-state index contributed by atoms with van der Waals surface area (Å²) in [7, 11) is 0. The van der Waals surface area contributed by atoms with Crippen LogP contribution < -0.4 is 5.73 Å². The van der Waals surface area contributed by atoms with Crippen LogP contribution in [-0.2, 0) is 9.53 Å². The lowest BCUT2D eigenvalue weighted by Crippen LogP contribution is -2.09. The molecular weight excluding hydrogens is 166 g/mol. The molecule has 0 heterocycles. The fraction of sp³-hybridized carbons (Fsp3) is 0.900. The van der Waals surface area contributed by atoms with Crippen LogP contribution in [0.4, 0.5) is 0 Å². The van der Waals surface area contributed by atoms with Gasteiger partial charge in [0.1, 0.15) is 0 Å². The van der Waals surface area contributed by atoms with Gasteiger partial charge in [-0.25, -0.2) is 0 Å². The summed E-state index contributed by atoms with van der Waals surface area (Å²) in [6, 6.07) is 0. The lowest BCUT2D eigenvalue weighted by molar-refractivity contribution is -0.145. The number of rotatable bonds is 4. The number of esters is 1. The first-order valence-corrected chi connectivity index (χ1v) is 5.14. The van der Waals surface area contributed by atoms with E-state index in [0.717, 1.165) is 18.9 Å². The molecule has 74 valence electrons. The zero-order chi connectivity index (χ0) is 9.42. The zero-order valence-corrected chi connectivity index (χ0v) is 8.03. The Hall–Kier alpha value is -0.570. The molecule has 0 saturated heterocycles. The highest BCUT2D eigenvalue weighted by molar-refractivity contribution is 5.75. The number of nitrogens with two attached hydrogens (primary N) is 1. The summed E-state index contributed by atoms with van der Waals surface area (Å²) in [4.78, 5) is 11.3. The van der Waals surface area contributed by atoms with Crippen molar-refractivity contribution >= 4 is 5.97 Å². The monoisotopic (exact) mass is 183 g/mol. The molecule has 0 radical (unpaired) electrons. The summed E-state index contributed by atoms with van der Waals surface area (Å²) in [5.74, 6) is 2.26. The highest BCUT2D eigenvalue weighted by atomic mass is 16.5. The smallest absolute Gasteiger partial charge is 0.309 e. The van der Waals surface area contributed by atoms with Crippen LogP contribution in [0.3, 0.4) is 0 Å². The molecule has 4 atom stereocenters. The van der Waals surface area contributed by atoms with Gasteiger partial charge in [0.15, 0.2) is 0 Å². The molecule has 2 fully saturated rings. The third-order valence-corrected chi connectivity index (χ3v) is 3.26. The molecule has 0 aliphatic heterocycles. The molecule has 0 bridgehead atoms. The number of hydrogen-bond donors (Lipinski definition) is 1. The molecule has 2 N–H and O–H groups in total. The van der Waals surface area contributed by atoms with E-state index in [9.17, 15) is 4.79 Å². The van der Waals surface area contributed by atoms with Crippen molar-refractivity contribution in [1.29, 1.82) is 0 Å². The Morgan fingerprint density at radius 2 is 2.23 bits per heavy atom. The highest BCUT2D eigenvalue weighted by Gasteiger charge is 2.56. The van der Waals surface area contributed by atoms with E-state index in [1.165, 1.54) is 6.42 Å². The molecule has 2 unspecified atom stereocenters. The van der Waals surface area contributed by atoms with Crippen molar-refractivity contribution in [1.82, 2.24) is 0 Å². The van der Waals surface area contributed by atoms with Gasteiger partial charge in [0.2, 0.25) is 0 Å². The minimum atomic E-state index is 0.00942. The van der Waals surface area contributed by atoms with Gasteiger partial charge >= 0.3 is 5.97 Å². The molecule has 2 rings (SSSR count). The average molecular weight is 183 g/mol. The molecule has 13 heavy (non-hydrogen) atoms. The van der Waals surface area contributed by atoms with Crippen molar-refractivity contribution in [2.45, 2.75) is 19.8 Å². The molecule has 0 amide bonds. The number of carbonyl (C=O) groups excluding carboxylic acids is 1. The molecule has 0 spiro atoms. The minimum Gasteiger partial charge on any atom is -0.466 e. The highest BCUT2D eigenvalue weighted by Crippen LogP contribution is 2.57. The molecule has 0 aromatic carbocycles. The van der Waals surface area contributed by atoms with Crippen LogP contribution in [0.5, 0.6) is 0 Å². The topological polar surface area (TPSA) is 52.3 Å². The van der Waals surface area contributed by atoms with Crippen molar-refractivity contribution in [2.24, 2.45) is 29.4 Å². The van der Waals surface area contributed by atoms with Crippen LogP contribution in [0.25, 0.3) is 0 Å². The van der Waals surface area contributed by atoms with Crippen LogP contribution in [0.1, 0.15) is 19.8 Å². The SMILES string of the molecule is CCOC(=O)C1CC1[C@@H]1C[C@H]1CN. The summed E-state index contributed by atoms with van der Waals surface area (Å²) in [5.41, 5.74) is 5.55. The van der Waals surface area contributed by atoms with Crippen molar-refractivity contribution in [3.63, 3.8) is 0 Å². The first kappa shape index (κ1) is 9.00. The predicted molar refractivity (Wildman–Crippen MR) is 48.9 cm³/mol. The van der Waals surface area contributed by atoms with Crippen LogP contribution in [0.15, 0.2) is 0 Å². The Kier molecular flexibility index (Phi) is 2.28. The van der Waals surface area contributed by atoms with E-state index in [1.54, 1.807) is 0 Å². The minimum absolute atomic E-state index is 0.00942. The summed E-state index contributed by atoms with van der Waals surface area (Å²) in [5, 5.41) is 0. The Bertz CT molecular complexity index is 217. The summed E-state index contributed by atoms with van der Waals surface area (Å²) in [6.45, 7) is 3.15. The second-order valence-corrected chi connectivity index (χ2v) is 4.15. The maximum absolute atomic E-state index is 11.3. The summed E-state index contributed by atoms with van der Waals surface area (Å²) in [6.07, 6.45) is 2.27. The van der Waals surface area contributed by atoms with Gasteiger partial charge in [-0.3, -0.25) is 4.79 Å². The molecule has 2 saturated carbocycles. The van der Waals surface area contributed by atoms with Crippen LogP contribution >= 0.6 is 0 Å². The van der Waals surface area contributed by atoms with E-state index in [1.807, 2.05) is 6.92 Å². The normalized spacial score (nSPS) is 41.4. The average Bonchev–Trinajstić information content (AvgIpc) is 2.99. The predicted octanol–water partition coefficient (Wildman–Crippen LogP) is 0.780. The van der Waals surface area contributed by atoms with Gasteiger partial charge in [0, 0.05) is 0 Å². The quantitative estimate of drug-likeness (QED) is 0.655. The Morgan fingerprint density at radius 3 is 2.77 bits per heavy atom. The van der Waals surface area contributed by atoms with Gasteiger partial charge in [-0.15, -0.1) is 0 Å². The van der Waals surface area contributed by atoms with Gasteiger partial charge in [-0.1, -0.05) is 0 Å². The van der Waals surface area contributed by atoms with Crippen molar-refractivity contribution < 1.29 is 9.53 Å². The zero-order valence-electron chi connectivity index (χ0n) is 8.03. The number of ether oxygens (including phenoxy) is 1. The first-order valence-electron chi connectivity index (χ1n) is 5.14. The molecule has 0 aromatic rings. The maximum atomic E-state index is 11.3. The molecular formula is C10H17NO2. The lowest BCUT2D eigenvalue weighted by atomic mass is 10.2. The van der Waals surface area contributed by atoms with Crippen LogP contribution in [0, 0.1) is 23.7 Å². The standard InChI is InChI=1S/C10H17NO2/c1-2-13-10(12)9-4-8(9)7-3-6(7)5-11/h6-9H,2-5,11H2,1H3/t6-,7+,8?,9?/m0/s1. The Morgan fingerprint density at radius 1 is 1.46 bits per heavy atom. The van der Waals surface area contributed by atoms with Gasteiger partial charge in [0.25, 0.3) is 0 Å². The van der Waals surface area contributed by atoms with Crippen LogP contribution in [0.2, 0.25) is 0 Å². The Labute approximate surface area is 78.6 Å². The van der Waals surface area contributed by atoms with E-state index in [2.05, 4.69) is 0 Å². The fourth-order valence-corrected chi connectivity index (χ4v) is 2.27. The van der Waals surface area contributed by atoms with E-state index in [0.29, 0.717) is 18.4 Å². The van der Waals surface area contributed by atoms with E-state index >= 15 is 0 Å². The van der Waals surface area contributed by atoms with Crippen LogP contribution in [-0.4, -0.2) is 19.1 Å². The molecule has 2 aliphatic rings. The number of carbonyl (C=O) groups is 1. The van der Waals surface area contributed by atoms with Gasteiger partial charge in [-0.2, -0.15) is 0 Å². The van der Waals surface area contributed by atoms with Crippen molar-refractivity contribution in [3.8, 4) is 0 Å². The second-order valence-electron chi connectivity index (χ2n) is 4.15. The Balaban J connectivity index is 1.74. The van der Waals surface area contributed by atoms with E-state index in [-0.39, 0.29) is 11.9 Å². The maximum Gasteiger partial charge on any atom is 0.309 e. The van der Waals surface area contributed by atoms with Gasteiger partial charge < -0.3 is 10.5 Å². The number of hydrogen-bond acceptors (Lipinski definition) is 3. The van der Waals surface area contributed by atoms with Crippen molar-refractivity contribution in [3.05, 3.63) is 0 Å². The third kappa shape index (κ3) is 1.70. The van der Waals surface area contributed by atoms with E-state index in [4.69, 9.17) is 10.5 Å². The lowest BCUT2D eigenvalue weighted by Gasteiger charge is -1.99. The molecule has 3 heteroatoms. The summed E-state index contributed by atoms with van der Waals surface area (Å²) < 4.78 is 4.97. The third-order valence-electron chi connectivity index (χ3n) is 3.26. The molecule has 0 aromatic heterocycles. The fourth-order valence-electron chi connectivity index (χ4n) is 2.27. The van der Waals surface area contributed by atoms with Crippen molar-refractivity contribution in [2.75, 3.05) is 13.2 Å². The summed E-state index contributed by atoms with van der Waals surface area (Å²) >= 11 is 0. The largest absolute Gasteiger partial charge is 0.466 e. The first-order chi connectivity index (χ1) is 6.27. The second kappa shape index (κ2) is 3.29. The molecule has 2 aliphatic carbocycles. The van der Waals surface area contributed by atoms with Gasteiger partial charge in [-0.05, 0) is 44.1 Å². The van der Waals surface area contributed by atoms with Gasteiger partial charge in [0.05, 0.1) is 12.5 Å².